The lowest BCUT2D eigenvalue weighted by Gasteiger charge is -2.09. The first kappa shape index (κ1) is 11.7. The van der Waals surface area contributed by atoms with Gasteiger partial charge in [-0.15, -0.1) is 0 Å². The normalized spacial score (nSPS) is 10.5. The highest BCUT2D eigenvalue weighted by molar-refractivity contribution is 6.36. The Morgan fingerprint density at radius 2 is 2.18 bits per heavy atom. The molecule has 0 aliphatic heterocycles. The van der Waals surface area contributed by atoms with Gasteiger partial charge in [0.1, 0.15) is 11.3 Å². The van der Waals surface area contributed by atoms with Gasteiger partial charge in [0.25, 0.3) is 0 Å². The number of hydrogen-bond donors (Lipinski definition) is 1. The standard InChI is InChI=1S/C12H10ClNO3/c1-6-5-8(13)10-7(12(15)16)3-4-9(17-2)11(10)14-6/h3-5H,1-2H3,(H,15,16). The molecule has 0 aliphatic rings. The highest BCUT2D eigenvalue weighted by Gasteiger charge is 2.16. The van der Waals surface area contributed by atoms with E-state index in [1.54, 1.807) is 19.1 Å². The Hall–Kier alpha value is -1.81. The van der Waals surface area contributed by atoms with E-state index in [0.717, 1.165) is 0 Å². The first-order valence-corrected chi connectivity index (χ1v) is 5.29. The Labute approximate surface area is 103 Å². The molecule has 88 valence electrons. The number of rotatable bonds is 2. The van der Waals surface area contributed by atoms with Gasteiger partial charge in [-0.2, -0.15) is 0 Å². The van der Waals surface area contributed by atoms with Crippen molar-refractivity contribution in [2.24, 2.45) is 0 Å². The number of benzene rings is 1. The zero-order valence-corrected chi connectivity index (χ0v) is 10.1. The molecule has 1 heterocycles. The number of ether oxygens (including phenoxy) is 1. The number of carboxylic acid groups (broad SMARTS) is 1. The van der Waals surface area contributed by atoms with Crippen LogP contribution < -0.4 is 4.74 Å². The predicted octanol–water partition coefficient (Wildman–Crippen LogP) is 2.90. The summed E-state index contributed by atoms with van der Waals surface area (Å²) >= 11 is 6.08. The molecule has 1 aromatic heterocycles. The maximum absolute atomic E-state index is 11.1. The van der Waals surface area contributed by atoms with Crippen LogP contribution in [0.3, 0.4) is 0 Å². The molecule has 0 fully saturated rings. The van der Waals surface area contributed by atoms with Crippen molar-refractivity contribution in [2.75, 3.05) is 7.11 Å². The summed E-state index contributed by atoms with van der Waals surface area (Å²) in [5.74, 6) is -0.527. The van der Waals surface area contributed by atoms with Gasteiger partial charge in [0.2, 0.25) is 0 Å². The summed E-state index contributed by atoms with van der Waals surface area (Å²) in [5, 5.41) is 9.88. The zero-order chi connectivity index (χ0) is 12.6. The van der Waals surface area contributed by atoms with Crippen LogP contribution in [0.5, 0.6) is 5.75 Å². The molecule has 0 radical (unpaired) electrons. The molecule has 0 atom stereocenters. The smallest absolute Gasteiger partial charge is 0.336 e. The highest BCUT2D eigenvalue weighted by Crippen LogP contribution is 2.32. The predicted molar refractivity (Wildman–Crippen MR) is 65.0 cm³/mol. The van der Waals surface area contributed by atoms with Crippen molar-refractivity contribution in [2.45, 2.75) is 6.92 Å². The van der Waals surface area contributed by atoms with Crippen molar-refractivity contribution in [3.05, 3.63) is 34.5 Å². The monoisotopic (exact) mass is 251 g/mol. The van der Waals surface area contributed by atoms with Crippen molar-refractivity contribution in [1.82, 2.24) is 4.98 Å². The summed E-state index contributed by atoms with van der Waals surface area (Å²) in [6, 6.07) is 4.68. The van der Waals surface area contributed by atoms with Gasteiger partial charge in [0, 0.05) is 11.1 Å². The molecule has 0 bridgehead atoms. The van der Waals surface area contributed by atoms with E-state index in [9.17, 15) is 4.79 Å². The molecule has 4 nitrogen and oxygen atoms in total. The molecule has 0 aliphatic carbocycles. The largest absolute Gasteiger partial charge is 0.494 e. The van der Waals surface area contributed by atoms with Gasteiger partial charge in [-0.3, -0.25) is 0 Å². The van der Waals surface area contributed by atoms with Crippen LogP contribution in [0.4, 0.5) is 0 Å². The number of carbonyl (C=O) groups is 1. The maximum Gasteiger partial charge on any atom is 0.336 e. The van der Waals surface area contributed by atoms with Crippen LogP contribution >= 0.6 is 11.6 Å². The van der Waals surface area contributed by atoms with Crippen LogP contribution in [0.25, 0.3) is 10.9 Å². The number of aromatic nitrogens is 1. The summed E-state index contributed by atoms with van der Waals surface area (Å²) in [6.45, 7) is 1.79. The Morgan fingerprint density at radius 1 is 1.47 bits per heavy atom. The third-order valence-electron chi connectivity index (χ3n) is 2.45. The van der Waals surface area contributed by atoms with E-state index in [0.29, 0.717) is 27.4 Å². The van der Waals surface area contributed by atoms with Gasteiger partial charge in [0.05, 0.1) is 17.7 Å². The molecular weight excluding hydrogens is 242 g/mol. The third kappa shape index (κ3) is 1.91. The fourth-order valence-electron chi connectivity index (χ4n) is 1.73. The zero-order valence-electron chi connectivity index (χ0n) is 9.32. The van der Waals surface area contributed by atoms with Crippen molar-refractivity contribution in [3.63, 3.8) is 0 Å². The summed E-state index contributed by atoms with van der Waals surface area (Å²) in [7, 11) is 1.51. The molecule has 1 aromatic carbocycles. The molecular formula is C12H10ClNO3. The van der Waals surface area contributed by atoms with Gasteiger partial charge < -0.3 is 9.84 Å². The lowest BCUT2D eigenvalue weighted by atomic mass is 10.1. The fourth-order valence-corrected chi connectivity index (χ4v) is 2.08. The number of hydrogen-bond acceptors (Lipinski definition) is 3. The molecule has 2 rings (SSSR count). The molecule has 0 saturated carbocycles. The summed E-state index contributed by atoms with van der Waals surface area (Å²) in [4.78, 5) is 15.4. The lowest BCUT2D eigenvalue weighted by Crippen LogP contribution is -2.00. The quantitative estimate of drug-likeness (QED) is 0.892. The first-order chi connectivity index (χ1) is 8.04. The van der Waals surface area contributed by atoms with Gasteiger partial charge in [0.15, 0.2) is 0 Å². The number of halogens is 1. The molecule has 0 amide bonds. The molecule has 1 N–H and O–H groups in total. The Kier molecular flexibility index (Phi) is 2.90. The van der Waals surface area contributed by atoms with E-state index < -0.39 is 5.97 Å². The number of aromatic carboxylic acids is 1. The van der Waals surface area contributed by atoms with E-state index in [4.69, 9.17) is 21.4 Å². The van der Waals surface area contributed by atoms with Crippen molar-refractivity contribution in [3.8, 4) is 5.75 Å². The molecule has 0 spiro atoms. The van der Waals surface area contributed by atoms with Crippen molar-refractivity contribution < 1.29 is 14.6 Å². The lowest BCUT2D eigenvalue weighted by molar-refractivity contribution is 0.0699. The van der Waals surface area contributed by atoms with E-state index in [2.05, 4.69) is 4.98 Å². The second-order valence-electron chi connectivity index (χ2n) is 3.59. The Morgan fingerprint density at radius 3 is 2.76 bits per heavy atom. The molecule has 5 heteroatoms. The van der Waals surface area contributed by atoms with E-state index in [-0.39, 0.29) is 5.56 Å². The minimum absolute atomic E-state index is 0.123. The van der Waals surface area contributed by atoms with E-state index in [1.165, 1.54) is 13.2 Å². The maximum atomic E-state index is 11.1. The average molecular weight is 252 g/mol. The number of methoxy groups -OCH3 is 1. The SMILES string of the molecule is COc1ccc(C(=O)O)c2c(Cl)cc(C)nc12. The minimum atomic E-state index is -1.04. The molecule has 0 saturated heterocycles. The fraction of sp³-hybridized carbons (Fsp3) is 0.167. The van der Waals surface area contributed by atoms with E-state index in [1.807, 2.05) is 0 Å². The minimum Gasteiger partial charge on any atom is -0.494 e. The van der Waals surface area contributed by atoms with E-state index >= 15 is 0 Å². The average Bonchev–Trinajstić information content (AvgIpc) is 2.27. The van der Waals surface area contributed by atoms with Gasteiger partial charge >= 0.3 is 5.97 Å². The highest BCUT2D eigenvalue weighted by atomic mass is 35.5. The van der Waals surface area contributed by atoms with Crippen LogP contribution in [0, 0.1) is 6.92 Å². The number of fused-ring (bicyclic) bond motifs is 1. The van der Waals surface area contributed by atoms with Crippen LogP contribution in [-0.2, 0) is 0 Å². The van der Waals surface area contributed by atoms with Crippen molar-refractivity contribution in [1.29, 1.82) is 0 Å². The number of nitrogens with zero attached hydrogens (tertiary/aromatic N) is 1. The second kappa shape index (κ2) is 4.22. The van der Waals surface area contributed by atoms with Gasteiger partial charge in [-0.1, -0.05) is 11.6 Å². The van der Waals surface area contributed by atoms with Crippen LogP contribution in [-0.4, -0.2) is 23.2 Å². The summed E-state index contributed by atoms with van der Waals surface area (Å²) < 4.78 is 5.16. The molecule has 17 heavy (non-hydrogen) atoms. The van der Waals surface area contributed by atoms with Crippen molar-refractivity contribution >= 4 is 28.5 Å². The Balaban J connectivity index is 2.95. The summed E-state index contributed by atoms with van der Waals surface area (Å²) in [5.41, 5.74) is 1.30. The van der Waals surface area contributed by atoms with Gasteiger partial charge in [-0.25, -0.2) is 9.78 Å². The number of pyridine rings is 1. The number of carboxylic acids is 1. The first-order valence-electron chi connectivity index (χ1n) is 4.91. The summed E-state index contributed by atoms with van der Waals surface area (Å²) in [6.07, 6.45) is 0. The van der Waals surface area contributed by atoms with Crippen LogP contribution in [0.15, 0.2) is 18.2 Å². The molecule has 2 aromatic rings. The topological polar surface area (TPSA) is 59.4 Å². The Bertz CT molecular complexity index is 610. The number of aryl methyl sites for hydroxylation is 1. The molecule has 0 unspecified atom stereocenters. The van der Waals surface area contributed by atoms with Gasteiger partial charge in [-0.05, 0) is 25.1 Å². The third-order valence-corrected chi connectivity index (χ3v) is 2.75. The van der Waals surface area contributed by atoms with Crippen LogP contribution in [0.1, 0.15) is 16.1 Å². The van der Waals surface area contributed by atoms with Crippen LogP contribution in [0.2, 0.25) is 5.02 Å². The second-order valence-corrected chi connectivity index (χ2v) is 4.00.